The lowest BCUT2D eigenvalue weighted by Gasteiger charge is -2.37. The van der Waals surface area contributed by atoms with Crippen LogP contribution >= 0.6 is 0 Å². The maximum absolute atomic E-state index is 12.9. The van der Waals surface area contributed by atoms with Crippen molar-refractivity contribution in [1.82, 2.24) is 9.29 Å². The smallest absolute Gasteiger partial charge is 0.254 e. The minimum Gasteiger partial charge on any atom is -0.376 e. The van der Waals surface area contributed by atoms with Crippen LogP contribution in [-0.4, -0.2) is 38.0 Å². The van der Waals surface area contributed by atoms with Crippen LogP contribution in [0.3, 0.4) is 0 Å². The number of hydrogen-bond donors (Lipinski definition) is 1. The van der Waals surface area contributed by atoms with Crippen molar-refractivity contribution in [2.75, 3.05) is 12.9 Å². The molecular formula is C25H34N2O4S. The molecule has 4 rings (SSSR count). The zero-order valence-electron chi connectivity index (χ0n) is 19.2. The molecule has 2 aliphatic rings. The van der Waals surface area contributed by atoms with Gasteiger partial charge in [-0.1, -0.05) is 35.9 Å². The predicted molar refractivity (Wildman–Crippen MR) is 127 cm³/mol. The third-order valence-electron chi connectivity index (χ3n) is 6.99. The molecule has 1 aromatic carbocycles. The molecule has 0 radical (unpaired) electrons. The molecule has 1 aliphatic carbocycles. The third kappa shape index (κ3) is 5.33. The number of nitrogens with zero attached hydrogens (tertiary/aromatic N) is 1. The Morgan fingerprint density at radius 2 is 1.69 bits per heavy atom. The molecule has 6 nitrogen and oxygen atoms in total. The second kappa shape index (κ2) is 9.49. The first-order valence-electron chi connectivity index (χ1n) is 11.6. The Labute approximate surface area is 191 Å². The van der Waals surface area contributed by atoms with Crippen molar-refractivity contribution in [1.29, 1.82) is 0 Å². The van der Waals surface area contributed by atoms with Gasteiger partial charge in [0.2, 0.25) is 10.0 Å². The Morgan fingerprint density at radius 3 is 2.34 bits per heavy atom. The van der Waals surface area contributed by atoms with E-state index in [1.165, 1.54) is 17.4 Å². The fourth-order valence-corrected chi connectivity index (χ4v) is 6.00. The van der Waals surface area contributed by atoms with Crippen molar-refractivity contribution in [3.8, 4) is 0 Å². The molecule has 2 aromatic rings. The van der Waals surface area contributed by atoms with Crippen LogP contribution in [0.25, 0.3) is 0 Å². The number of nitrogens with one attached hydrogen (secondary N) is 1. The van der Waals surface area contributed by atoms with Crippen molar-refractivity contribution in [2.45, 2.75) is 76.5 Å². The van der Waals surface area contributed by atoms with Gasteiger partial charge in [-0.25, -0.2) is 13.1 Å². The second-order valence-corrected chi connectivity index (χ2v) is 11.3. The van der Waals surface area contributed by atoms with Crippen molar-refractivity contribution in [3.05, 3.63) is 69.1 Å². The number of aryl methyl sites for hydroxylation is 3. The third-order valence-corrected chi connectivity index (χ3v) is 7.72. The van der Waals surface area contributed by atoms with Crippen LogP contribution < -0.4 is 10.3 Å². The summed E-state index contributed by atoms with van der Waals surface area (Å²) < 4.78 is 34.8. The topological polar surface area (TPSA) is 77.4 Å². The summed E-state index contributed by atoms with van der Waals surface area (Å²) in [6.45, 7) is 4.24. The van der Waals surface area contributed by atoms with E-state index in [0.29, 0.717) is 30.9 Å². The van der Waals surface area contributed by atoms with E-state index in [0.717, 1.165) is 31.4 Å². The lowest BCUT2D eigenvalue weighted by Crippen LogP contribution is -2.49. The first-order chi connectivity index (χ1) is 15.2. The molecule has 1 aromatic heterocycles. The van der Waals surface area contributed by atoms with Crippen LogP contribution in [0.15, 0.2) is 41.2 Å². The van der Waals surface area contributed by atoms with Gasteiger partial charge in [-0.05, 0) is 69.9 Å². The minimum atomic E-state index is -3.39. The Morgan fingerprint density at radius 1 is 1.00 bits per heavy atom. The molecule has 1 fully saturated rings. The van der Waals surface area contributed by atoms with E-state index in [2.05, 4.69) is 35.9 Å². The van der Waals surface area contributed by atoms with Crippen molar-refractivity contribution in [3.63, 3.8) is 0 Å². The van der Waals surface area contributed by atoms with Crippen LogP contribution in [0.1, 0.15) is 66.4 Å². The highest BCUT2D eigenvalue weighted by Crippen LogP contribution is 2.35. The van der Waals surface area contributed by atoms with Gasteiger partial charge in [0.1, 0.15) is 0 Å². The lowest BCUT2D eigenvalue weighted by atomic mass is 9.82. The monoisotopic (exact) mass is 458 g/mol. The van der Waals surface area contributed by atoms with Gasteiger partial charge in [0, 0.05) is 17.3 Å². The lowest BCUT2D eigenvalue weighted by molar-refractivity contribution is -0.00168. The number of ether oxygens (including phenoxy) is 1. The Hall–Kier alpha value is -1.96. The van der Waals surface area contributed by atoms with Crippen LogP contribution in [-0.2, 0) is 21.2 Å². The van der Waals surface area contributed by atoms with Gasteiger partial charge in [-0.3, -0.25) is 4.79 Å². The SMILES string of the molecule is Cc1ccc(C2CCC(OCC3C(NS(C)(=O)=O)CCc4ccc(C)c(=O)n43)CC2)cc1. The standard InChI is InChI=1S/C25H34N2O4S/c1-17-4-7-19(8-5-17)20-9-13-22(14-10-20)31-16-24-23(26-32(3,29)30)15-12-21-11-6-18(2)25(28)27(21)24/h4-8,11,20,22-24,26H,9-10,12-16H2,1-3H3. The average Bonchev–Trinajstić information content (AvgIpc) is 2.75. The summed E-state index contributed by atoms with van der Waals surface area (Å²) in [6, 6.07) is 12.0. The summed E-state index contributed by atoms with van der Waals surface area (Å²) in [5.74, 6) is 0.566. The second-order valence-electron chi connectivity index (χ2n) is 9.50. The van der Waals surface area contributed by atoms with E-state index in [4.69, 9.17) is 4.74 Å². The van der Waals surface area contributed by atoms with Crippen LogP contribution in [0.5, 0.6) is 0 Å². The molecule has 2 heterocycles. The van der Waals surface area contributed by atoms with E-state index < -0.39 is 10.0 Å². The van der Waals surface area contributed by atoms with Crippen LogP contribution in [0, 0.1) is 13.8 Å². The fourth-order valence-electron chi connectivity index (χ4n) is 5.18. The van der Waals surface area contributed by atoms with E-state index in [9.17, 15) is 13.2 Å². The summed E-state index contributed by atoms with van der Waals surface area (Å²) in [4.78, 5) is 12.9. The molecule has 1 N–H and O–H groups in total. The predicted octanol–water partition coefficient (Wildman–Crippen LogP) is 3.61. The number of hydrogen-bond acceptors (Lipinski definition) is 4. The number of benzene rings is 1. The Kier molecular flexibility index (Phi) is 6.89. The Balaban J connectivity index is 1.45. The highest BCUT2D eigenvalue weighted by molar-refractivity contribution is 7.88. The largest absolute Gasteiger partial charge is 0.376 e. The summed E-state index contributed by atoms with van der Waals surface area (Å²) in [7, 11) is -3.39. The molecule has 1 saturated carbocycles. The highest BCUT2D eigenvalue weighted by atomic mass is 32.2. The first-order valence-corrected chi connectivity index (χ1v) is 13.5. The van der Waals surface area contributed by atoms with Gasteiger partial charge in [0.05, 0.1) is 25.0 Å². The molecule has 2 atom stereocenters. The number of aromatic nitrogens is 1. The molecular weight excluding hydrogens is 424 g/mol. The molecule has 0 amide bonds. The maximum atomic E-state index is 12.9. The molecule has 1 aliphatic heterocycles. The molecule has 7 heteroatoms. The maximum Gasteiger partial charge on any atom is 0.254 e. The highest BCUT2D eigenvalue weighted by Gasteiger charge is 2.33. The molecule has 32 heavy (non-hydrogen) atoms. The molecule has 0 saturated heterocycles. The van der Waals surface area contributed by atoms with Gasteiger partial charge >= 0.3 is 0 Å². The van der Waals surface area contributed by atoms with Gasteiger partial charge in [0.15, 0.2) is 0 Å². The summed E-state index contributed by atoms with van der Waals surface area (Å²) in [6.07, 6.45) is 6.76. The van der Waals surface area contributed by atoms with E-state index >= 15 is 0 Å². The molecule has 0 bridgehead atoms. The quantitative estimate of drug-likeness (QED) is 0.717. The normalized spacial score (nSPS) is 26.0. The zero-order chi connectivity index (χ0) is 22.9. The number of sulfonamides is 1. The average molecular weight is 459 g/mol. The first kappa shape index (κ1) is 23.2. The van der Waals surface area contributed by atoms with Crippen molar-refractivity contribution >= 4 is 10.0 Å². The minimum absolute atomic E-state index is 0.0563. The van der Waals surface area contributed by atoms with Crippen molar-refractivity contribution in [2.24, 2.45) is 0 Å². The number of pyridine rings is 1. The molecule has 0 spiro atoms. The van der Waals surface area contributed by atoms with E-state index in [1.807, 2.05) is 12.1 Å². The number of rotatable bonds is 6. The fraction of sp³-hybridized carbons (Fsp3) is 0.560. The van der Waals surface area contributed by atoms with E-state index in [1.54, 1.807) is 11.5 Å². The summed E-state index contributed by atoms with van der Waals surface area (Å²) >= 11 is 0. The van der Waals surface area contributed by atoms with Gasteiger partial charge in [-0.15, -0.1) is 0 Å². The van der Waals surface area contributed by atoms with Crippen LogP contribution in [0.4, 0.5) is 0 Å². The summed E-state index contributed by atoms with van der Waals surface area (Å²) in [5.41, 5.74) is 4.23. The van der Waals surface area contributed by atoms with Gasteiger partial charge < -0.3 is 9.30 Å². The molecule has 2 unspecified atom stereocenters. The van der Waals surface area contributed by atoms with Gasteiger partial charge in [-0.2, -0.15) is 0 Å². The van der Waals surface area contributed by atoms with Crippen molar-refractivity contribution < 1.29 is 13.2 Å². The Bertz CT molecular complexity index is 1100. The number of fused-ring (bicyclic) bond motifs is 1. The zero-order valence-corrected chi connectivity index (χ0v) is 20.0. The molecule has 174 valence electrons. The van der Waals surface area contributed by atoms with Gasteiger partial charge in [0.25, 0.3) is 5.56 Å². The van der Waals surface area contributed by atoms with Crippen LogP contribution in [0.2, 0.25) is 0 Å². The van der Waals surface area contributed by atoms with E-state index in [-0.39, 0.29) is 23.7 Å². The summed E-state index contributed by atoms with van der Waals surface area (Å²) in [5, 5.41) is 0.